The molecule has 142 valence electrons. The highest BCUT2D eigenvalue weighted by Crippen LogP contribution is 2.23. The highest BCUT2D eigenvalue weighted by atomic mass is 32.1. The third-order valence-electron chi connectivity index (χ3n) is 3.97. The maximum Gasteiger partial charge on any atom is 0.247 e. The van der Waals surface area contributed by atoms with Crippen LogP contribution in [0, 0.1) is 5.82 Å². The molecule has 0 aliphatic heterocycles. The number of halogens is 1. The fourth-order valence-electron chi connectivity index (χ4n) is 2.57. The van der Waals surface area contributed by atoms with Crippen LogP contribution in [0.2, 0.25) is 0 Å². The van der Waals surface area contributed by atoms with E-state index in [1.54, 1.807) is 29.7 Å². The summed E-state index contributed by atoms with van der Waals surface area (Å²) >= 11 is 1.63. The van der Waals surface area contributed by atoms with Gasteiger partial charge < -0.3 is 10.6 Å². The second-order valence-corrected chi connectivity index (χ2v) is 6.96. The van der Waals surface area contributed by atoms with E-state index in [4.69, 9.17) is 0 Å². The van der Waals surface area contributed by atoms with Crippen molar-refractivity contribution in [3.05, 3.63) is 88.6 Å². The van der Waals surface area contributed by atoms with Crippen LogP contribution in [0.1, 0.15) is 16.1 Å². The molecule has 0 saturated heterocycles. The molecule has 1 aromatic heterocycles. The van der Waals surface area contributed by atoms with Crippen molar-refractivity contribution in [2.75, 3.05) is 17.2 Å². The summed E-state index contributed by atoms with van der Waals surface area (Å²) in [6.45, 7) is 4.21. The van der Waals surface area contributed by atoms with Gasteiger partial charge in [-0.25, -0.2) is 9.37 Å². The van der Waals surface area contributed by atoms with Gasteiger partial charge in [0.1, 0.15) is 5.82 Å². The Hall–Kier alpha value is -3.25. The highest BCUT2D eigenvalue weighted by Gasteiger charge is 2.04. The van der Waals surface area contributed by atoms with Crippen LogP contribution in [0.4, 0.5) is 15.8 Å². The van der Waals surface area contributed by atoms with Gasteiger partial charge in [-0.15, -0.1) is 11.3 Å². The number of hydrogen-bond acceptors (Lipinski definition) is 4. The Morgan fingerprint density at radius 1 is 1.18 bits per heavy atom. The quantitative estimate of drug-likeness (QED) is 0.407. The SMILES string of the molecule is C=CC(=O)Nc1ccc(NCCc2nccs2)c(C=Cc2ccc(F)cc2)c1. The first-order chi connectivity index (χ1) is 13.6. The van der Waals surface area contributed by atoms with Crippen LogP contribution in [0.3, 0.4) is 0 Å². The number of benzene rings is 2. The topological polar surface area (TPSA) is 54.0 Å². The van der Waals surface area contributed by atoms with Gasteiger partial charge in [-0.05, 0) is 47.5 Å². The Morgan fingerprint density at radius 3 is 2.71 bits per heavy atom. The molecular formula is C22H20FN3OS. The van der Waals surface area contributed by atoms with E-state index in [1.807, 2.05) is 35.7 Å². The number of amides is 1. The Morgan fingerprint density at radius 2 is 2.00 bits per heavy atom. The standard InChI is InChI=1S/C22H20FN3OS/c1-2-21(27)26-19-9-10-20(24-12-11-22-25-13-14-28-22)17(15-19)6-3-16-4-7-18(23)8-5-16/h2-10,13-15,24H,1,11-12H2,(H,26,27). The first-order valence-electron chi connectivity index (χ1n) is 8.77. The molecule has 4 nitrogen and oxygen atoms in total. The molecular weight excluding hydrogens is 373 g/mol. The van der Waals surface area contributed by atoms with Gasteiger partial charge in [-0.3, -0.25) is 4.79 Å². The molecule has 0 saturated carbocycles. The molecule has 0 atom stereocenters. The lowest BCUT2D eigenvalue weighted by atomic mass is 10.1. The van der Waals surface area contributed by atoms with Crippen molar-refractivity contribution in [2.24, 2.45) is 0 Å². The van der Waals surface area contributed by atoms with Gasteiger partial charge in [0.05, 0.1) is 5.01 Å². The average Bonchev–Trinajstić information content (AvgIpc) is 3.22. The number of rotatable bonds is 8. The van der Waals surface area contributed by atoms with Crippen LogP contribution in [0.5, 0.6) is 0 Å². The van der Waals surface area contributed by atoms with Crippen molar-refractivity contribution in [1.82, 2.24) is 4.98 Å². The normalized spacial score (nSPS) is 10.8. The van der Waals surface area contributed by atoms with Crippen molar-refractivity contribution < 1.29 is 9.18 Å². The largest absolute Gasteiger partial charge is 0.384 e. The third-order valence-corrected chi connectivity index (χ3v) is 4.81. The zero-order valence-corrected chi connectivity index (χ0v) is 16.0. The Labute approximate surface area is 167 Å². The van der Waals surface area contributed by atoms with Gasteiger partial charge in [0.25, 0.3) is 0 Å². The van der Waals surface area contributed by atoms with E-state index in [0.717, 1.165) is 34.8 Å². The number of thiazole rings is 1. The first kappa shape index (κ1) is 19.5. The van der Waals surface area contributed by atoms with Crippen LogP contribution in [-0.4, -0.2) is 17.4 Å². The summed E-state index contributed by atoms with van der Waals surface area (Å²) in [5.74, 6) is -0.534. The van der Waals surface area contributed by atoms with Gasteiger partial charge >= 0.3 is 0 Å². The Kier molecular flexibility index (Phi) is 6.70. The lowest BCUT2D eigenvalue weighted by Crippen LogP contribution is -2.09. The molecule has 3 aromatic rings. The summed E-state index contributed by atoms with van der Waals surface area (Å²) in [5.41, 5.74) is 3.40. The molecule has 0 aliphatic carbocycles. The summed E-state index contributed by atoms with van der Waals surface area (Å²) in [6.07, 6.45) is 7.69. The maximum atomic E-state index is 13.1. The summed E-state index contributed by atoms with van der Waals surface area (Å²) in [7, 11) is 0. The molecule has 0 aliphatic rings. The third kappa shape index (κ3) is 5.62. The van der Waals surface area contributed by atoms with E-state index in [9.17, 15) is 9.18 Å². The molecule has 0 spiro atoms. The van der Waals surface area contributed by atoms with Gasteiger partial charge in [-0.2, -0.15) is 0 Å². The fraction of sp³-hybridized carbons (Fsp3) is 0.0909. The molecule has 2 aromatic carbocycles. The second kappa shape index (κ2) is 9.62. The van der Waals surface area contributed by atoms with E-state index >= 15 is 0 Å². The van der Waals surface area contributed by atoms with Gasteiger partial charge in [0, 0.05) is 35.9 Å². The van der Waals surface area contributed by atoms with Gasteiger partial charge in [0.15, 0.2) is 0 Å². The van der Waals surface area contributed by atoms with Crippen LogP contribution < -0.4 is 10.6 Å². The zero-order valence-electron chi connectivity index (χ0n) is 15.2. The monoisotopic (exact) mass is 393 g/mol. The lowest BCUT2D eigenvalue weighted by Gasteiger charge is -2.12. The summed E-state index contributed by atoms with van der Waals surface area (Å²) < 4.78 is 13.1. The van der Waals surface area contributed by atoms with E-state index in [1.165, 1.54) is 18.2 Å². The molecule has 6 heteroatoms. The van der Waals surface area contributed by atoms with Crippen LogP contribution in [0.15, 0.2) is 66.7 Å². The van der Waals surface area contributed by atoms with Crippen LogP contribution in [0.25, 0.3) is 12.2 Å². The predicted octanol–water partition coefficient (Wildman–Crippen LogP) is 5.23. The minimum Gasteiger partial charge on any atom is -0.384 e. The maximum absolute atomic E-state index is 13.1. The van der Waals surface area contributed by atoms with Crippen molar-refractivity contribution in [3.63, 3.8) is 0 Å². The van der Waals surface area contributed by atoms with Crippen molar-refractivity contribution in [2.45, 2.75) is 6.42 Å². The molecule has 1 heterocycles. The van der Waals surface area contributed by atoms with E-state index in [2.05, 4.69) is 22.2 Å². The van der Waals surface area contributed by atoms with Crippen molar-refractivity contribution in [1.29, 1.82) is 0 Å². The minimum atomic E-state index is -0.268. The molecule has 1 amide bonds. The number of hydrogen-bond donors (Lipinski definition) is 2. The number of nitrogens with zero attached hydrogens (tertiary/aromatic N) is 1. The van der Waals surface area contributed by atoms with Gasteiger partial charge in [0.2, 0.25) is 5.91 Å². The fourth-order valence-corrected chi connectivity index (χ4v) is 3.19. The van der Waals surface area contributed by atoms with Crippen molar-refractivity contribution >= 4 is 40.8 Å². The van der Waals surface area contributed by atoms with Gasteiger partial charge in [-0.1, -0.05) is 30.9 Å². The zero-order chi connectivity index (χ0) is 19.8. The summed E-state index contributed by atoms with van der Waals surface area (Å²) in [5, 5.41) is 9.22. The van der Waals surface area contributed by atoms with Crippen LogP contribution in [-0.2, 0) is 11.2 Å². The van der Waals surface area contributed by atoms with Crippen LogP contribution >= 0.6 is 11.3 Å². The average molecular weight is 393 g/mol. The molecule has 0 fully saturated rings. The van der Waals surface area contributed by atoms with E-state index in [-0.39, 0.29) is 11.7 Å². The lowest BCUT2D eigenvalue weighted by molar-refractivity contribution is -0.111. The summed E-state index contributed by atoms with van der Waals surface area (Å²) in [6, 6.07) is 11.9. The number of carbonyl (C=O) groups is 1. The first-order valence-corrected chi connectivity index (χ1v) is 9.65. The molecule has 0 unspecified atom stereocenters. The molecule has 0 radical (unpaired) electrons. The predicted molar refractivity (Wildman–Crippen MR) is 115 cm³/mol. The Bertz CT molecular complexity index is 966. The van der Waals surface area contributed by atoms with E-state index in [0.29, 0.717) is 5.69 Å². The number of nitrogens with one attached hydrogen (secondary N) is 2. The smallest absolute Gasteiger partial charge is 0.247 e. The van der Waals surface area contributed by atoms with Crippen molar-refractivity contribution in [3.8, 4) is 0 Å². The highest BCUT2D eigenvalue weighted by molar-refractivity contribution is 7.09. The molecule has 28 heavy (non-hydrogen) atoms. The number of anilines is 2. The molecule has 3 rings (SSSR count). The van der Waals surface area contributed by atoms with E-state index < -0.39 is 0 Å². The second-order valence-electron chi connectivity index (χ2n) is 5.98. The Balaban J connectivity index is 1.79. The summed E-state index contributed by atoms with van der Waals surface area (Å²) in [4.78, 5) is 15.9. The number of carbonyl (C=O) groups excluding carboxylic acids is 1. The number of aromatic nitrogens is 1. The molecule has 0 bridgehead atoms. The minimum absolute atomic E-state index is 0.266. The molecule has 2 N–H and O–H groups in total.